The van der Waals surface area contributed by atoms with Gasteiger partial charge in [-0.05, 0) is 37.5 Å². The highest BCUT2D eigenvalue weighted by atomic mass is 16.2. The summed E-state index contributed by atoms with van der Waals surface area (Å²) >= 11 is 0. The van der Waals surface area contributed by atoms with Gasteiger partial charge in [0.1, 0.15) is 0 Å². The van der Waals surface area contributed by atoms with Gasteiger partial charge in [-0.1, -0.05) is 44.2 Å². The normalized spacial score (nSPS) is 17.8. The van der Waals surface area contributed by atoms with Gasteiger partial charge in [0.05, 0.1) is 17.4 Å². The van der Waals surface area contributed by atoms with Crippen molar-refractivity contribution < 1.29 is 4.79 Å². The molecular formula is C27H28N4O2. The van der Waals surface area contributed by atoms with Crippen molar-refractivity contribution in [3.8, 4) is 11.3 Å². The number of pyridine rings is 1. The first-order valence-corrected chi connectivity index (χ1v) is 11.6. The summed E-state index contributed by atoms with van der Waals surface area (Å²) in [4.78, 5) is 31.3. The van der Waals surface area contributed by atoms with Crippen molar-refractivity contribution in [1.29, 1.82) is 0 Å². The van der Waals surface area contributed by atoms with Gasteiger partial charge >= 0.3 is 0 Å². The monoisotopic (exact) mass is 440 g/mol. The minimum atomic E-state index is -0.111. The van der Waals surface area contributed by atoms with Crippen LogP contribution in [0.15, 0.2) is 65.6 Å². The molecule has 4 aromatic rings. The van der Waals surface area contributed by atoms with Gasteiger partial charge in [-0.3, -0.25) is 14.3 Å². The quantitative estimate of drug-likeness (QED) is 0.493. The second kappa shape index (κ2) is 8.35. The van der Waals surface area contributed by atoms with E-state index in [1.165, 1.54) is 11.6 Å². The van der Waals surface area contributed by atoms with Crippen LogP contribution in [0.5, 0.6) is 0 Å². The molecule has 2 atom stereocenters. The van der Waals surface area contributed by atoms with Crippen LogP contribution in [-0.4, -0.2) is 31.6 Å². The number of hydrogen-bond acceptors (Lipinski definition) is 3. The van der Waals surface area contributed by atoms with Crippen LogP contribution in [0.25, 0.3) is 22.2 Å². The Kier molecular flexibility index (Phi) is 5.36. The van der Waals surface area contributed by atoms with Gasteiger partial charge in [0.15, 0.2) is 5.43 Å². The fourth-order valence-electron chi connectivity index (χ4n) is 5.23. The van der Waals surface area contributed by atoms with E-state index in [9.17, 15) is 9.59 Å². The third kappa shape index (κ3) is 3.46. The molecule has 1 aliphatic rings. The predicted molar refractivity (Wildman–Crippen MR) is 130 cm³/mol. The minimum Gasteiger partial charge on any atom is -0.361 e. The molecule has 0 fully saturated rings. The molecule has 33 heavy (non-hydrogen) atoms. The third-order valence-electron chi connectivity index (χ3n) is 6.81. The Morgan fingerprint density at radius 2 is 1.88 bits per heavy atom. The zero-order valence-electron chi connectivity index (χ0n) is 19.2. The molecule has 2 aromatic heterocycles. The summed E-state index contributed by atoms with van der Waals surface area (Å²) in [5.41, 5.74) is 5.68. The highest BCUT2D eigenvalue weighted by Crippen LogP contribution is 2.41. The van der Waals surface area contributed by atoms with Gasteiger partial charge in [-0.15, -0.1) is 0 Å². The van der Waals surface area contributed by atoms with Crippen molar-refractivity contribution in [1.82, 2.24) is 19.7 Å². The Labute approximate surface area is 192 Å². The van der Waals surface area contributed by atoms with Crippen LogP contribution >= 0.6 is 0 Å². The van der Waals surface area contributed by atoms with Crippen LogP contribution in [0.2, 0.25) is 0 Å². The standard InChI is InChI=1S/C27H28N4O2/c1-4-19-16-21-25(29-30(3)26(21)17-9-7-6-8-10-17)23(5-2)31(19)27(33)18-11-12-22-20(15-18)24(32)13-14-28-22/h6-15,19,23H,4-5,16H2,1-3H3,(H,28,32). The maximum atomic E-state index is 13.8. The molecule has 0 bridgehead atoms. The number of carbonyl (C=O) groups is 1. The lowest BCUT2D eigenvalue weighted by Crippen LogP contribution is -2.47. The van der Waals surface area contributed by atoms with Crippen LogP contribution in [0.1, 0.15) is 54.3 Å². The van der Waals surface area contributed by atoms with Gasteiger partial charge in [0, 0.05) is 52.9 Å². The number of amides is 1. The molecule has 1 amide bonds. The molecule has 2 unspecified atom stereocenters. The van der Waals surface area contributed by atoms with Crippen LogP contribution in [0.4, 0.5) is 0 Å². The molecule has 1 aliphatic heterocycles. The van der Waals surface area contributed by atoms with Crippen LogP contribution in [-0.2, 0) is 13.5 Å². The summed E-state index contributed by atoms with van der Waals surface area (Å²) in [5.74, 6) is -0.0450. The van der Waals surface area contributed by atoms with Crippen molar-refractivity contribution in [3.63, 3.8) is 0 Å². The molecule has 1 N–H and O–H groups in total. The highest BCUT2D eigenvalue weighted by Gasteiger charge is 2.40. The fraction of sp³-hybridized carbons (Fsp3) is 0.296. The largest absolute Gasteiger partial charge is 0.361 e. The first-order valence-electron chi connectivity index (χ1n) is 11.6. The number of nitrogens with one attached hydrogen (secondary N) is 1. The first kappa shape index (κ1) is 21.2. The minimum absolute atomic E-state index is 0.0450. The van der Waals surface area contributed by atoms with E-state index in [0.717, 1.165) is 41.7 Å². The Bertz CT molecular complexity index is 1390. The topological polar surface area (TPSA) is 71.0 Å². The summed E-state index contributed by atoms with van der Waals surface area (Å²) in [6.07, 6.45) is 4.01. The van der Waals surface area contributed by atoms with Gasteiger partial charge in [-0.25, -0.2) is 0 Å². The van der Waals surface area contributed by atoms with Crippen LogP contribution in [0, 0.1) is 0 Å². The number of carbonyl (C=O) groups excluding carboxylic acids is 1. The van der Waals surface area contributed by atoms with Gasteiger partial charge < -0.3 is 9.88 Å². The first-order chi connectivity index (χ1) is 16.0. The molecule has 6 heteroatoms. The molecular weight excluding hydrogens is 412 g/mol. The van der Waals surface area contributed by atoms with Gasteiger partial charge in [0.2, 0.25) is 0 Å². The zero-order chi connectivity index (χ0) is 23.1. The molecule has 168 valence electrons. The SMILES string of the molecule is CCC1Cc2c(nn(C)c2-c2ccccc2)C(CC)N1C(=O)c1ccc2[nH]ccc(=O)c2c1. The number of fused-ring (bicyclic) bond motifs is 2. The summed E-state index contributed by atoms with van der Waals surface area (Å²) in [5, 5.41) is 5.44. The molecule has 5 rings (SSSR count). The van der Waals surface area contributed by atoms with Crippen molar-refractivity contribution in [3.05, 3.63) is 87.8 Å². The average molecular weight is 441 g/mol. The van der Waals surface area contributed by atoms with Crippen molar-refractivity contribution >= 4 is 16.8 Å². The smallest absolute Gasteiger partial charge is 0.254 e. The summed E-state index contributed by atoms with van der Waals surface area (Å²) in [6, 6.07) is 17.1. The van der Waals surface area contributed by atoms with Crippen LogP contribution in [0.3, 0.4) is 0 Å². The van der Waals surface area contributed by atoms with E-state index in [0.29, 0.717) is 10.9 Å². The number of rotatable bonds is 4. The van der Waals surface area contributed by atoms with E-state index < -0.39 is 0 Å². The molecule has 0 aliphatic carbocycles. The number of nitrogens with zero attached hydrogens (tertiary/aromatic N) is 3. The van der Waals surface area contributed by atoms with E-state index in [2.05, 4.69) is 31.0 Å². The zero-order valence-corrected chi connectivity index (χ0v) is 19.2. The van der Waals surface area contributed by atoms with Crippen molar-refractivity contribution in [2.45, 2.75) is 45.2 Å². The molecule has 0 saturated carbocycles. The van der Waals surface area contributed by atoms with Crippen molar-refractivity contribution in [2.24, 2.45) is 7.05 Å². The Morgan fingerprint density at radius 1 is 1.09 bits per heavy atom. The van der Waals surface area contributed by atoms with E-state index in [1.807, 2.05) is 47.0 Å². The number of aryl methyl sites for hydroxylation is 1. The summed E-state index contributed by atoms with van der Waals surface area (Å²) in [7, 11) is 1.98. The lowest BCUT2D eigenvalue weighted by atomic mass is 9.87. The number of aromatic amines is 1. The van der Waals surface area contributed by atoms with Gasteiger partial charge in [0.25, 0.3) is 5.91 Å². The number of H-pyrrole nitrogens is 1. The Hall–Kier alpha value is -3.67. The Balaban J connectivity index is 1.60. The van der Waals surface area contributed by atoms with Gasteiger partial charge in [-0.2, -0.15) is 5.10 Å². The van der Waals surface area contributed by atoms with Crippen LogP contribution < -0.4 is 5.43 Å². The van der Waals surface area contributed by atoms with E-state index in [-0.39, 0.29) is 23.4 Å². The van der Waals surface area contributed by atoms with E-state index in [4.69, 9.17) is 5.10 Å². The lowest BCUT2D eigenvalue weighted by molar-refractivity contribution is 0.0513. The number of hydrogen-bond donors (Lipinski definition) is 1. The molecule has 0 radical (unpaired) electrons. The summed E-state index contributed by atoms with van der Waals surface area (Å²) in [6.45, 7) is 4.24. The summed E-state index contributed by atoms with van der Waals surface area (Å²) < 4.78 is 1.96. The average Bonchev–Trinajstić information content (AvgIpc) is 3.18. The number of benzene rings is 2. The second-order valence-corrected chi connectivity index (χ2v) is 8.71. The molecule has 6 nitrogen and oxygen atoms in total. The molecule has 0 spiro atoms. The second-order valence-electron chi connectivity index (χ2n) is 8.71. The Morgan fingerprint density at radius 3 is 2.61 bits per heavy atom. The fourth-order valence-corrected chi connectivity index (χ4v) is 5.23. The maximum Gasteiger partial charge on any atom is 0.254 e. The number of aromatic nitrogens is 3. The third-order valence-corrected chi connectivity index (χ3v) is 6.81. The molecule has 0 saturated heterocycles. The lowest BCUT2D eigenvalue weighted by Gasteiger charge is -2.41. The van der Waals surface area contributed by atoms with Crippen molar-refractivity contribution in [2.75, 3.05) is 0 Å². The van der Waals surface area contributed by atoms with E-state index >= 15 is 0 Å². The maximum absolute atomic E-state index is 13.8. The molecule has 3 heterocycles. The predicted octanol–water partition coefficient (Wildman–Crippen LogP) is 4.86. The highest BCUT2D eigenvalue weighted by molar-refractivity contribution is 5.98. The molecule has 2 aromatic carbocycles. The van der Waals surface area contributed by atoms with E-state index in [1.54, 1.807) is 12.3 Å².